The molecule has 2 heteroatoms. The van der Waals surface area contributed by atoms with Crippen LogP contribution in [0.3, 0.4) is 0 Å². The molecule has 1 saturated carbocycles. The van der Waals surface area contributed by atoms with Crippen molar-refractivity contribution in [3.05, 3.63) is 35.2 Å². The van der Waals surface area contributed by atoms with Crippen molar-refractivity contribution < 1.29 is 0 Å². The van der Waals surface area contributed by atoms with Gasteiger partial charge in [0, 0.05) is 15.6 Å². The molecule has 2 N–H and O–H groups in total. The second-order valence-electron chi connectivity index (χ2n) is 4.55. The molecule has 15 heavy (non-hydrogen) atoms. The molecule has 0 bridgehead atoms. The number of hydrogen-bond donors (Lipinski definition) is 1. The summed E-state index contributed by atoms with van der Waals surface area (Å²) in [5.74, 6) is 1.36. The standard InChI is InChI=1S/C13H15NS/c1-8-10(7-11(8)14)13-6-9-4-2-3-5-12(9)15-13/h2-6,8,10-11H,7,14H2,1H3. The highest BCUT2D eigenvalue weighted by atomic mass is 32.1. The number of fused-ring (bicyclic) bond motifs is 1. The molecule has 1 aromatic carbocycles. The van der Waals surface area contributed by atoms with Crippen molar-refractivity contribution in [1.29, 1.82) is 0 Å². The summed E-state index contributed by atoms with van der Waals surface area (Å²) in [6.07, 6.45) is 1.16. The molecule has 3 atom stereocenters. The number of hydrogen-bond acceptors (Lipinski definition) is 2. The van der Waals surface area contributed by atoms with Crippen LogP contribution in [0.5, 0.6) is 0 Å². The molecular formula is C13H15NS. The molecule has 1 nitrogen and oxygen atoms in total. The van der Waals surface area contributed by atoms with Gasteiger partial charge in [-0.1, -0.05) is 25.1 Å². The summed E-state index contributed by atoms with van der Waals surface area (Å²) in [7, 11) is 0. The van der Waals surface area contributed by atoms with Gasteiger partial charge in [0.25, 0.3) is 0 Å². The Morgan fingerprint density at radius 2 is 2.13 bits per heavy atom. The van der Waals surface area contributed by atoms with Gasteiger partial charge in [0.1, 0.15) is 0 Å². The van der Waals surface area contributed by atoms with Crippen molar-refractivity contribution in [3.63, 3.8) is 0 Å². The molecular weight excluding hydrogens is 202 g/mol. The zero-order valence-electron chi connectivity index (χ0n) is 8.81. The lowest BCUT2D eigenvalue weighted by Crippen LogP contribution is -2.43. The van der Waals surface area contributed by atoms with Crippen LogP contribution < -0.4 is 5.73 Å². The molecule has 1 heterocycles. The van der Waals surface area contributed by atoms with E-state index >= 15 is 0 Å². The molecule has 0 spiro atoms. The maximum Gasteiger partial charge on any atom is 0.0345 e. The lowest BCUT2D eigenvalue weighted by Gasteiger charge is -2.39. The number of nitrogens with two attached hydrogens (primary N) is 1. The number of benzene rings is 1. The van der Waals surface area contributed by atoms with Gasteiger partial charge in [-0.3, -0.25) is 0 Å². The minimum absolute atomic E-state index is 0.417. The normalized spacial score (nSPS) is 30.4. The van der Waals surface area contributed by atoms with E-state index in [-0.39, 0.29) is 0 Å². The van der Waals surface area contributed by atoms with Gasteiger partial charge in [-0.2, -0.15) is 0 Å². The van der Waals surface area contributed by atoms with Crippen molar-refractivity contribution in [3.8, 4) is 0 Å². The van der Waals surface area contributed by atoms with Gasteiger partial charge in [0.05, 0.1) is 0 Å². The van der Waals surface area contributed by atoms with Crippen molar-refractivity contribution in [2.75, 3.05) is 0 Å². The summed E-state index contributed by atoms with van der Waals surface area (Å²) in [5, 5.41) is 1.38. The van der Waals surface area contributed by atoms with E-state index in [4.69, 9.17) is 5.73 Å². The molecule has 2 aromatic rings. The molecule has 0 radical (unpaired) electrons. The van der Waals surface area contributed by atoms with E-state index in [2.05, 4.69) is 37.3 Å². The zero-order chi connectivity index (χ0) is 10.4. The van der Waals surface area contributed by atoms with Crippen molar-refractivity contribution in [2.45, 2.75) is 25.3 Å². The molecule has 1 aliphatic carbocycles. The fourth-order valence-corrected chi connectivity index (χ4v) is 3.68. The van der Waals surface area contributed by atoms with Crippen LogP contribution in [0.1, 0.15) is 24.1 Å². The summed E-state index contributed by atoms with van der Waals surface area (Å²) in [6.45, 7) is 2.27. The maximum absolute atomic E-state index is 5.95. The van der Waals surface area contributed by atoms with E-state index in [0.29, 0.717) is 17.9 Å². The van der Waals surface area contributed by atoms with Crippen LogP contribution >= 0.6 is 11.3 Å². The maximum atomic E-state index is 5.95. The van der Waals surface area contributed by atoms with Gasteiger partial charge in [0.15, 0.2) is 0 Å². The first-order chi connectivity index (χ1) is 7.25. The lowest BCUT2D eigenvalue weighted by atomic mass is 9.70. The van der Waals surface area contributed by atoms with E-state index in [1.165, 1.54) is 15.0 Å². The van der Waals surface area contributed by atoms with E-state index in [1.807, 2.05) is 11.3 Å². The Labute approximate surface area is 93.9 Å². The van der Waals surface area contributed by atoms with Crippen LogP contribution in [0.2, 0.25) is 0 Å². The van der Waals surface area contributed by atoms with Crippen LogP contribution in [0, 0.1) is 5.92 Å². The Morgan fingerprint density at radius 3 is 2.80 bits per heavy atom. The van der Waals surface area contributed by atoms with Gasteiger partial charge in [-0.05, 0) is 35.8 Å². The lowest BCUT2D eigenvalue weighted by molar-refractivity contribution is 0.230. The minimum Gasteiger partial charge on any atom is -0.327 e. The van der Waals surface area contributed by atoms with Gasteiger partial charge < -0.3 is 5.73 Å². The van der Waals surface area contributed by atoms with Gasteiger partial charge >= 0.3 is 0 Å². The second kappa shape index (κ2) is 3.32. The smallest absolute Gasteiger partial charge is 0.0345 e. The average Bonchev–Trinajstić information content (AvgIpc) is 2.67. The molecule has 0 amide bonds. The van der Waals surface area contributed by atoms with Gasteiger partial charge in [-0.15, -0.1) is 11.3 Å². The van der Waals surface area contributed by atoms with E-state index in [0.717, 1.165) is 6.42 Å². The summed E-state index contributed by atoms with van der Waals surface area (Å²) in [6, 6.07) is 11.4. The SMILES string of the molecule is CC1C(N)CC1c1cc2ccccc2s1. The quantitative estimate of drug-likeness (QED) is 0.779. The first-order valence-corrected chi connectivity index (χ1v) is 6.31. The molecule has 0 aliphatic heterocycles. The van der Waals surface area contributed by atoms with Crippen LogP contribution in [0.15, 0.2) is 30.3 Å². The van der Waals surface area contributed by atoms with Gasteiger partial charge in [0.2, 0.25) is 0 Å². The average molecular weight is 217 g/mol. The predicted molar refractivity (Wildman–Crippen MR) is 66.3 cm³/mol. The summed E-state index contributed by atoms with van der Waals surface area (Å²) < 4.78 is 1.40. The van der Waals surface area contributed by atoms with Crippen LogP contribution in [-0.4, -0.2) is 6.04 Å². The number of thiophene rings is 1. The third-order valence-electron chi connectivity index (χ3n) is 3.65. The fraction of sp³-hybridized carbons (Fsp3) is 0.385. The zero-order valence-corrected chi connectivity index (χ0v) is 9.63. The molecule has 1 aromatic heterocycles. The first kappa shape index (κ1) is 9.37. The monoisotopic (exact) mass is 217 g/mol. The third kappa shape index (κ3) is 1.40. The fourth-order valence-electron chi connectivity index (χ4n) is 2.39. The van der Waals surface area contributed by atoms with E-state index < -0.39 is 0 Å². The molecule has 3 rings (SSSR count). The molecule has 1 aliphatic rings. The Bertz CT molecular complexity index is 455. The predicted octanol–water partition coefficient (Wildman–Crippen LogP) is 3.35. The highest BCUT2D eigenvalue weighted by Crippen LogP contribution is 2.45. The Balaban J connectivity index is 1.99. The first-order valence-electron chi connectivity index (χ1n) is 5.50. The minimum atomic E-state index is 0.417. The summed E-state index contributed by atoms with van der Waals surface area (Å²) >= 11 is 1.93. The molecule has 78 valence electrons. The second-order valence-corrected chi connectivity index (χ2v) is 5.67. The topological polar surface area (TPSA) is 26.0 Å². The number of rotatable bonds is 1. The molecule has 3 unspecified atom stereocenters. The summed E-state index contributed by atoms with van der Waals surface area (Å²) in [5.41, 5.74) is 5.95. The Morgan fingerprint density at radius 1 is 1.33 bits per heavy atom. The molecule has 0 saturated heterocycles. The van der Waals surface area contributed by atoms with Crippen molar-refractivity contribution in [2.24, 2.45) is 11.7 Å². The van der Waals surface area contributed by atoms with E-state index in [9.17, 15) is 0 Å². The highest BCUT2D eigenvalue weighted by Gasteiger charge is 2.36. The summed E-state index contributed by atoms with van der Waals surface area (Å²) in [4.78, 5) is 1.52. The van der Waals surface area contributed by atoms with Gasteiger partial charge in [-0.25, -0.2) is 0 Å². The highest BCUT2D eigenvalue weighted by molar-refractivity contribution is 7.19. The van der Waals surface area contributed by atoms with E-state index in [1.54, 1.807) is 0 Å². The van der Waals surface area contributed by atoms with Crippen LogP contribution in [0.25, 0.3) is 10.1 Å². The Kier molecular flexibility index (Phi) is 2.08. The van der Waals surface area contributed by atoms with Crippen molar-refractivity contribution in [1.82, 2.24) is 0 Å². The molecule has 1 fully saturated rings. The largest absolute Gasteiger partial charge is 0.327 e. The van der Waals surface area contributed by atoms with Crippen LogP contribution in [-0.2, 0) is 0 Å². The Hall–Kier alpha value is -0.860. The van der Waals surface area contributed by atoms with Crippen LogP contribution in [0.4, 0.5) is 0 Å². The third-order valence-corrected chi connectivity index (χ3v) is 4.89. The van der Waals surface area contributed by atoms with Crippen molar-refractivity contribution >= 4 is 21.4 Å².